The fourth-order valence-corrected chi connectivity index (χ4v) is 3.51. The number of aromatic nitrogens is 1. The molecule has 0 aliphatic carbocycles. The van der Waals surface area contributed by atoms with Crippen molar-refractivity contribution in [3.8, 4) is 17.2 Å². The predicted octanol–water partition coefficient (Wildman–Crippen LogP) is 0.799. The second-order valence-corrected chi connectivity index (χ2v) is 7.17. The number of pyridine rings is 1. The van der Waals surface area contributed by atoms with E-state index in [4.69, 9.17) is 14.2 Å². The SMILES string of the molecule is COc1cc(OC)c(C(=O)CCC[NH+]2CCCC2)c(OC)c1.O=C([O-])c1cccnc1. The van der Waals surface area contributed by atoms with Crippen molar-refractivity contribution in [3.63, 3.8) is 0 Å². The Morgan fingerprint density at radius 3 is 2.16 bits per heavy atom. The zero-order valence-electron chi connectivity index (χ0n) is 18.3. The lowest BCUT2D eigenvalue weighted by Crippen LogP contribution is -3.10. The number of Topliss-reactive ketones (excluding diaryl/α,β-unsaturated/α-hetero) is 1. The molecule has 1 N–H and O–H groups in total. The van der Waals surface area contributed by atoms with Crippen molar-refractivity contribution < 1.29 is 33.8 Å². The van der Waals surface area contributed by atoms with Gasteiger partial charge in [0.25, 0.3) is 0 Å². The third-order valence-electron chi connectivity index (χ3n) is 5.14. The Morgan fingerprint density at radius 1 is 1.06 bits per heavy atom. The van der Waals surface area contributed by atoms with Crippen LogP contribution in [-0.2, 0) is 0 Å². The van der Waals surface area contributed by atoms with E-state index in [0.29, 0.717) is 29.2 Å². The first kappa shape index (κ1) is 24.1. The molecule has 1 saturated heterocycles. The molecule has 1 aliphatic rings. The van der Waals surface area contributed by atoms with Gasteiger partial charge in [-0.25, -0.2) is 0 Å². The van der Waals surface area contributed by atoms with Crippen LogP contribution < -0.4 is 24.2 Å². The van der Waals surface area contributed by atoms with Crippen LogP contribution in [0.25, 0.3) is 0 Å². The third kappa shape index (κ3) is 7.25. The van der Waals surface area contributed by atoms with E-state index in [-0.39, 0.29) is 11.3 Å². The molecule has 1 aromatic carbocycles. The van der Waals surface area contributed by atoms with Gasteiger partial charge >= 0.3 is 0 Å². The molecule has 8 nitrogen and oxygen atoms in total. The lowest BCUT2D eigenvalue weighted by molar-refractivity contribution is -0.887. The molecule has 0 saturated carbocycles. The zero-order valence-corrected chi connectivity index (χ0v) is 18.3. The molecule has 168 valence electrons. The maximum Gasteiger partial charge on any atom is 0.170 e. The number of carboxylic acids is 1. The number of rotatable bonds is 9. The minimum atomic E-state index is -1.19. The summed E-state index contributed by atoms with van der Waals surface area (Å²) in [6, 6.07) is 6.43. The molecule has 1 aromatic heterocycles. The molecular weight excluding hydrogens is 400 g/mol. The summed E-state index contributed by atoms with van der Waals surface area (Å²) in [6.45, 7) is 3.54. The lowest BCUT2D eigenvalue weighted by Gasteiger charge is -2.15. The number of carboxylic acid groups (broad SMARTS) is 1. The highest BCUT2D eigenvalue weighted by molar-refractivity contribution is 6.01. The van der Waals surface area contributed by atoms with Gasteiger partial charge in [-0.1, -0.05) is 6.07 Å². The van der Waals surface area contributed by atoms with E-state index in [9.17, 15) is 14.7 Å². The Balaban J connectivity index is 0.000000316. The highest BCUT2D eigenvalue weighted by Gasteiger charge is 2.21. The quantitative estimate of drug-likeness (QED) is 0.587. The topological polar surface area (TPSA) is 102 Å². The summed E-state index contributed by atoms with van der Waals surface area (Å²) < 4.78 is 15.9. The maximum absolute atomic E-state index is 12.6. The minimum absolute atomic E-state index is 0.0648. The molecule has 2 aromatic rings. The lowest BCUT2D eigenvalue weighted by atomic mass is 10.0. The number of methoxy groups -OCH3 is 3. The van der Waals surface area contributed by atoms with Crippen LogP contribution in [0.15, 0.2) is 36.7 Å². The highest BCUT2D eigenvalue weighted by Crippen LogP contribution is 2.35. The molecule has 0 radical (unpaired) electrons. The van der Waals surface area contributed by atoms with E-state index in [1.54, 1.807) is 44.4 Å². The van der Waals surface area contributed by atoms with Gasteiger partial charge in [0.2, 0.25) is 0 Å². The van der Waals surface area contributed by atoms with Gasteiger partial charge in [0.05, 0.1) is 46.9 Å². The normalized spacial score (nSPS) is 13.1. The Labute approximate surface area is 182 Å². The number of ether oxygens (including phenoxy) is 3. The largest absolute Gasteiger partial charge is 0.545 e. The van der Waals surface area contributed by atoms with E-state index in [0.717, 1.165) is 13.0 Å². The summed E-state index contributed by atoms with van der Waals surface area (Å²) in [5.74, 6) is 0.509. The molecule has 0 unspecified atom stereocenters. The van der Waals surface area contributed by atoms with Crippen LogP contribution in [0.1, 0.15) is 46.4 Å². The summed E-state index contributed by atoms with van der Waals surface area (Å²) in [4.78, 5) is 27.8. The van der Waals surface area contributed by atoms with Crippen LogP contribution in [0.5, 0.6) is 17.2 Å². The molecule has 1 aliphatic heterocycles. The number of quaternary nitrogens is 1. The standard InChI is InChI=1S/C17H25NO4.C6H5NO2/c1-20-13-11-15(21-2)17(16(12-13)22-3)14(19)7-6-10-18-8-4-5-9-18;8-6(9)5-2-1-3-7-4-5/h11-12H,4-10H2,1-3H3;1-4H,(H,8,9). The Morgan fingerprint density at radius 2 is 1.71 bits per heavy atom. The molecule has 31 heavy (non-hydrogen) atoms. The number of hydrogen-bond acceptors (Lipinski definition) is 7. The number of carbonyl (C=O) groups is 2. The van der Waals surface area contributed by atoms with E-state index >= 15 is 0 Å². The highest BCUT2D eigenvalue weighted by atomic mass is 16.5. The van der Waals surface area contributed by atoms with Gasteiger partial charge in [-0.05, 0) is 6.07 Å². The molecule has 0 spiro atoms. The summed E-state index contributed by atoms with van der Waals surface area (Å²) in [6.07, 6.45) is 6.78. The van der Waals surface area contributed by atoms with Crippen molar-refractivity contribution in [1.29, 1.82) is 0 Å². The molecule has 2 heterocycles. The molecule has 0 bridgehead atoms. The third-order valence-corrected chi connectivity index (χ3v) is 5.14. The molecule has 1 fully saturated rings. The van der Waals surface area contributed by atoms with Crippen LogP contribution in [0.4, 0.5) is 0 Å². The van der Waals surface area contributed by atoms with Crippen LogP contribution >= 0.6 is 0 Å². The summed E-state index contributed by atoms with van der Waals surface area (Å²) in [5, 5.41) is 10.0. The number of carbonyl (C=O) groups excluding carboxylic acids is 2. The summed E-state index contributed by atoms with van der Waals surface area (Å²) >= 11 is 0. The van der Waals surface area contributed by atoms with E-state index in [1.165, 1.54) is 44.4 Å². The van der Waals surface area contributed by atoms with Crippen LogP contribution in [0, 0.1) is 0 Å². The average Bonchev–Trinajstić information content (AvgIpc) is 3.32. The molecule has 8 heteroatoms. The molecule has 0 atom stereocenters. The number of ketones is 1. The number of aromatic carboxylic acids is 1. The van der Waals surface area contributed by atoms with Gasteiger partial charge in [-0.15, -0.1) is 0 Å². The van der Waals surface area contributed by atoms with Gasteiger partial charge in [-0.2, -0.15) is 0 Å². The van der Waals surface area contributed by atoms with Crippen molar-refractivity contribution in [3.05, 3.63) is 47.8 Å². The summed E-state index contributed by atoms with van der Waals surface area (Å²) in [5.41, 5.74) is 0.625. The molecule has 3 rings (SSSR count). The Kier molecular flexibility index (Phi) is 9.77. The first-order valence-corrected chi connectivity index (χ1v) is 10.3. The fourth-order valence-electron chi connectivity index (χ4n) is 3.51. The Bertz CT molecular complexity index is 825. The first-order chi connectivity index (χ1) is 15.0. The number of hydrogen-bond donors (Lipinski definition) is 1. The maximum atomic E-state index is 12.6. The molecular formula is C23H30N2O6. The Hall–Kier alpha value is -3.13. The van der Waals surface area contributed by atoms with Crippen molar-refractivity contribution >= 4 is 11.8 Å². The van der Waals surface area contributed by atoms with Gasteiger partial charge in [0.15, 0.2) is 5.78 Å². The zero-order chi connectivity index (χ0) is 22.6. The van der Waals surface area contributed by atoms with Crippen molar-refractivity contribution in [2.75, 3.05) is 41.0 Å². The van der Waals surface area contributed by atoms with E-state index in [2.05, 4.69) is 4.98 Å². The van der Waals surface area contributed by atoms with E-state index < -0.39 is 5.97 Å². The monoisotopic (exact) mass is 430 g/mol. The van der Waals surface area contributed by atoms with Crippen molar-refractivity contribution in [2.24, 2.45) is 0 Å². The van der Waals surface area contributed by atoms with Gasteiger partial charge in [0, 0.05) is 55.8 Å². The first-order valence-electron chi connectivity index (χ1n) is 10.3. The van der Waals surface area contributed by atoms with Gasteiger partial charge in [-0.3, -0.25) is 9.78 Å². The number of likely N-dealkylation sites (tertiary alicyclic amines) is 1. The fraction of sp³-hybridized carbons (Fsp3) is 0.435. The second-order valence-electron chi connectivity index (χ2n) is 7.17. The van der Waals surface area contributed by atoms with Crippen molar-refractivity contribution in [1.82, 2.24) is 4.98 Å². The predicted molar refractivity (Wildman–Crippen MR) is 113 cm³/mol. The molecule has 0 amide bonds. The van der Waals surface area contributed by atoms with Gasteiger partial charge in [0.1, 0.15) is 22.8 Å². The smallest absolute Gasteiger partial charge is 0.170 e. The van der Waals surface area contributed by atoms with E-state index in [1.807, 2.05) is 0 Å². The minimum Gasteiger partial charge on any atom is -0.545 e. The average molecular weight is 431 g/mol. The number of benzene rings is 1. The van der Waals surface area contributed by atoms with Crippen LogP contribution in [0.3, 0.4) is 0 Å². The summed E-state index contributed by atoms with van der Waals surface area (Å²) in [7, 11) is 4.69. The second kappa shape index (κ2) is 12.5. The number of nitrogens with one attached hydrogen (secondary N) is 1. The van der Waals surface area contributed by atoms with Crippen LogP contribution in [-0.4, -0.2) is 57.7 Å². The van der Waals surface area contributed by atoms with Crippen LogP contribution in [0.2, 0.25) is 0 Å². The van der Waals surface area contributed by atoms with Gasteiger partial charge < -0.3 is 29.0 Å². The number of nitrogens with zero attached hydrogens (tertiary/aromatic N) is 1. The van der Waals surface area contributed by atoms with Crippen molar-refractivity contribution in [2.45, 2.75) is 25.7 Å².